The van der Waals surface area contributed by atoms with Gasteiger partial charge < -0.3 is 20.7 Å². The summed E-state index contributed by atoms with van der Waals surface area (Å²) in [4.78, 5) is 6.54. The van der Waals surface area contributed by atoms with E-state index in [1.54, 1.807) is 0 Å². The van der Waals surface area contributed by atoms with E-state index in [-0.39, 0.29) is 30.0 Å². The number of halogens is 1. The number of benzene rings is 2. The second-order valence-electron chi connectivity index (χ2n) is 6.13. The number of fused-ring (bicyclic) bond motifs is 1. The lowest BCUT2D eigenvalue weighted by molar-refractivity contribution is 0.262. The Kier molecular flexibility index (Phi) is 6.92. The van der Waals surface area contributed by atoms with Gasteiger partial charge in [0.15, 0.2) is 5.96 Å². The number of hydrogen-bond acceptors (Lipinski definition) is 3. The van der Waals surface area contributed by atoms with Crippen molar-refractivity contribution in [2.75, 3.05) is 25.6 Å². The summed E-state index contributed by atoms with van der Waals surface area (Å²) in [7, 11) is 4.06. The van der Waals surface area contributed by atoms with Gasteiger partial charge in [0.1, 0.15) is 5.75 Å². The smallest absolute Gasteiger partial charge is 0.189 e. The van der Waals surface area contributed by atoms with Crippen molar-refractivity contribution >= 4 is 35.6 Å². The quantitative estimate of drug-likeness (QED) is 0.425. The van der Waals surface area contributed by atoms with Gasteiger partial charge in [-0.25, -0.2) is 4.99 Å². The summed E-state index contributed by atoms with van der Waals surface area (Å²) in [6.07, 6.45) is 0.880. The van der Waals surface area contributed by atoms with Gasteiger partial charge in [-0.3, -0.25) is 0 Å². The van der Waals surface area contributed by atoms with E-state index in [0.29, 0.717) is 19.1 Å². The molecule has 1 unspecified atom stereocenters. The molecule has 6 heteroatoms. The first kappa shape index (κ1) is 19.4. The third-order valence-corrected chi connectivity index (χ3v) is 4.17. The predicted octanol–water partition coefficient (Wildman–Crippen LogP) is 3.30. The molecule has 0 aliphatic carbocycles. The molecule has 2 aromatic carbocycles. The molecule has 5 nitrogen and oxygen atoms in total. The Hall–Kier alpha value is -1.96. The summed E-state index contributed by atoms with van der Waals surface area (Å²) in [5, 5.41) is 3.31. The number of nitrogens with zero attached hydrogens (tertiary/aromatic N) is 2. The number of ether oxygens (including phenoxy) is 1. The summed E-state index contributed by atoms with van der Waals surface area (Å²) in [6, 6.07) is 16.5. The third-order valence-electron chi connectivity index (χ3n) is 4.17. The molecule has 0 fully saturated rings. The molecule has 0 radical (unpaired) electrons. The average Bonchev–Trinajstić information content (AvgIpc) is 2.61. The van der Waals surface area contributed by atoms with E-state index in [1.807, 2.05) is 32.3 Å². The number of hydrogen-bond donors (Lipinski definition) is 2. The Morgan fingerprint density at radius 1 is 1.20 bits per heavy atom. The maximum absolute atomic E-state index is 6.08. The number of nitrogens with two attached hydrogens (primary N) is 1. The normalized spacial score (nSPS) is 16.2. The van der Waals surface area contributed by atoms with Crippen LogP contribution in [0.1, 0.15) is 23.6 Å². The lowest BCUT2D eigenvalue weighted by Gasteiger charge is -2.26. The van der Waals surface area contributed by atoms with Crippen LogP contribution < -0.4 is 20.7 Å². The van der Waals surface area contributed by atoms with Crippen LogP contribution in [0, 0.1) is 0 Å². The molecular weight excluding hydrogens is 427 g/mol. The summed E-state index contributed by atoms with van der Waals surface area (Å²) >= 11 is 0. The van der Waals surface area contributed by atoms with Crippen LogP contribution in [0.3, 0.4) is 0 Å². The van der Waals surface area contributed by atoms with Gasteiger partial charge in [0, 0.05) is 31.8 Å². The largest absolute Gasteiger partial charge is 0.493 e. The van der Waals surface area contributed by atoms with Crippen molar-refractivity contribution < 1.29 is 4.74 Å². The van der Waals surface area contributed by atoms with Gasteiger partial charge in [-0.05, 0) is 23.8 Å². The van der Waals surface area contributed by atoms with E-state index in [0.717, 1.165) is 23.3 Å². The van der Waals surface area contributed by atoms with Crippen LogP contribution in [0.2, 0.25) is 0 Å². The van der Waals surface area contributed by atoms with E-state index >= 15 is 0 Å². The lowest BCUT2D eigenvalue weighted by atomic mass is 10.0. The number of aliphatic imine (C=N–C) groups is 1. The van der Waals surface area contributed by atoms with Gasteiger partial charge in [0.05, 0.1) is 19.2 Å². The van der Waals surface area contributed by atoms with Crippen LogP contribution in [0.15, 0.2) is 53.5 Å². The molecule has 0 bridgehead atoms. The minimum Gasteiger partial charge on any atom is -0.493 e. The summed E-state index contributed by atoms with van der Waals surface area (Å²) in [5.41, 5.74) is 9.52. The van der Waals surface area contributed by atoms with E-state index in [2.05, 4.69) is 45.5 Å². The van der Waals surface area contributed by atoms with Crippen LogP contribution in [0.5, 0.6) is 5.75 Å². The first-order chi connectivity index (χ1) is 11.6. The molecule has 0 aromatic heterocycles. The second-order valence-corrected chi connectivity index (χ2v) is 6.13. The monoisotopic (exact) mass is 452 g/mol. The number of para-hydroxylation sites is 1. The Morgan fingerprint density at radius 3 is 2.64 bits per heavy atom. The molecule has 0 saturated heterocycles. The first-order valence-electron chi connectivity index (χ1n) is 8.18. The number of nitrogens with one attached hydrogen (secondary N) is 1. The molecule has 3 rings (SSSR count). The van der Waals surface area contributed by atoms with Crippen molar-refractivity contribution in [2.45, 2.75) is 19.0 Å². The fraction of sp³-hybridized carbons (Fsp3) is 0.316. The first-order valence-corrected chi connectivity index (χ1v) is 8.18. The molecule has 0 spiro atoms. The second kappa shape index (κ2) is 8.94. The fourth-order valence-electron chi connectivity index (χ4n) is 2.79. The van der Waals surface area contributed by atoms with Crippen molar-refractivity contribution in [1.82, 2.24) is 5.32 Å². The van der Waals surface area contributed by atoms with E-state index < -0.39 is 0 Å². The van der Waals surface area contributed by atoms with Crippen LogP contribution >= 0.6 is 24.0 Å². The molecular formula is C19H25IN4O. The van der Waals surface area contributed by atoms with Gasteiger partial charge >= 0.3 is 0 Å². The number of guanidine groups is 1. The third kappa shape index (κ3) is 5.01. The van der Waals surface area contributed by atoms with Gasteiger partial charge in [-0.2, -0.15) is 0 Å². The Bertz CT molecular complexity index is 716. The number of rotatable bonds is 4. The van der Waals surface area contributed by atoms with E-state index in [9.17, 15) is 0 Å². The van der Waals surface area contributed by atoms with Crippen LogP contribution in [0.25, 0.3) is 0 Å². The highest BCUT2D eigenvalue weighted by Crippen LogP contribution is 2.31. The maximum Gasteiger partial charge on any atom is 0.189 e. The van der Waals surface area contributed by atoms with Crippen LogP contribution in [-0.2, 0) is 6.54 Å². The van der Waals surface area contributed by atoms with E-state index in [4.69, 9.17) is 10.5 Å². The van der Waals surface area contributed by atoms with Gasteiger partial charge in [-0.15, -0.1) is 24.0 Å². The highest BCUT2D eigenvalue weighted by Gasteiger charge is 2.21. The highest BCUT2D eigenvalue weighted by molar-refractivity contribution is 14.0. The molecule has 3 N–H and O–H groups in total. The molecule has 134 valence electrons. The van der Waals surface area contributed by atoms with Crippen molar-refractivity contribution in [3.8, 4) is 5.75 Å². The Balaban J connectivity index is 0.00000225. The van der Waals surface area contributed by atoms with Crippen molar-refractivity contribution in [1.29, 1.82) is 0 Å². The van der Waals surface area contributed by atoms with Crippen molar-refractivity contribution in [3.05, 3.63) is 59.7 Å². The number of anilines is 1. The topological polar surface area (TPSA) is 62.9 Å². The molecule has 1 aliphatic heterocycles. The minimum atomic E-state index is 0. The zero-order chi connectivity index (χ0) is 16.9. The lowest BCUT2D eigenvalue weighted by Crippen LogP contribution is -2.37. The van der Waals surface area contributed by atoms with Gasteiger partial charge in [-0.1, -0.05) is 30.3 Å². The van der Waals surface area contributed by atoms with Crippen molar-refractivity contribution in [2.24, 2.45) is 10.7 Å². The van der Waals surface area contributed by atoms with Gasteiger partial charge in [0.2, 0.25) is 0 Å². The Morgan fingerprint density at radius 2 is 1.92 bits per heavy atom. The molecule has 1 heterocycles. The molecule has 1 atom stereocenters. The molecule has 1 aliphatic rings. The van der Waals surface area contributed by atoms with Crippen molar-refractivity contribution in [3.63, 3.8) is 0 Å². The Labute approximate surface area is 166 Å². The van der Waals surface area contributed by atoms with Gasteiger partial charge in [0.25, 0.3) is 0 Å². The van der Waals surface area contributed by atoms with Crippen LogP contribution in [-0.4, -0.2) is 26.7 Å². The summed E-state index contributed by atoms with van der Waals surface area (Å²) < 4.78 is 5.67. The standard InChI is InChI=1S/C19H24N4O.HI/c1-23(2)15-9-7-14(8-10-15)13-21-19(20)22-17-11-12-24-18-6-4-3-5-16(17)18;/h3-10,17H,11-13H2,1-2H3,(H3,20,21,22);1H. The predicted molar refractivity (Wildman–Crippen MR) is 114 cm³/mol. The zero-order valence-electron chi connectivity index (χ0n) is 14.6. The van der Waals surface area contributed by atoms with Crippen LogP contribution in [0.4, 0.5) is 5.69 Å². The van der Waals surface area contributed by atoms with E-state index in [1.165, 1.54) is 5.69 Å². The minimum absolute atomic E-state index is 0. The highest BCUT2D eigenvalue weighted by atomic mass is 127. The molecule has 25 heavy (non-hydrogen) atoms. The molecule has 0 saturated carbocycles. The fourth-order valence-corrected chi connectivity index (χ4v) is 2.79. The molecule has 0 amide bonds. The SMILES string of the molecule is CN(C)c1ccc(CN=C(N)NC2CCOc3ccccc32)cc1.I. The maximum atomic E-state index is 6.08. The average molecular weight is 452 g/mol. The molecule has 2 aromatic rings. The summed E-state index contributed by atoms with van der Waals surface area (Å²) in [5.74, 6) is 1.39. The summed E-state index contributed by atoms with van der Waals surface area (Å²) in [6.45, 7) is 1.26. The zero-order valence-corrected chi connectivity index (χ0v) is 16.9.